The van der Waals surface area contributed by atoms with Crippen molar-refractivity contribution >= 4 is 5.91 Å². The molecule has 1 rings (SSSR count). The lowest BCUT2D eigenvalue weighted by atomic mass is 10.1. The van der Waals surface area contributed by atoms with Gasteiger partial charge in [-0.2, -0.15) is 13.2 Å². The van der Waals surface area contributed by atoms with Crippen molar-refractivity contribution in [3.05, 3.63) is 0 Å². The van der Waals surface area contributed by atoms with E-state index >= 15 is 0 Å². The van der Waals surface area contributed by atoms with Crippen LogP contribution in [0, 0.1) is 0 Å². The van der Waals surface area contributed by atoms with Gasteiger partial charge in [0.2, 0.25) is 5.91 Å². The molecule has 0 spiro atoms. The number of hydrogen-bond acceptors (Lipinski definition) is 2. The molecule has 1 aliphatic rings. The molecule has 1 aliphatic heterocycles. The third-order valence-electron chi connectivity index (χ3n) is 2.08. The van der Waals surface area contributed by atoms with Gasteiger partial charge in [0.05, 0.1) is 0 Å². The second-order valence-electron chi connectivity index (χ2n) is 3.39. The Kier molecular flexibility index (Phi) is 3.74. The molecule has 1 fully saturated rings. The van der Waals surface area contributed by atoms with E-state index in [-0.39, 0.29) is 12.5 Å². The number of hydrogen-bond donors (Lipinski definition) is 2. The molecule has 2 N–H and O–H groups in total. The summed E-state index contributed by atoms with van der Waals surface area (Å²) in [5.41, 5.74) is 0. The van der Waals surface area contributed by atoms with E-state index in [0.29, 0.717) is 0 Å². The quantitative estimate of drug-likeness (QED) is 0.723. The average Bonchev–Trinajstić information content (AvgIpc) is 2.52. The molecule has 0 aromatic rings. The molecule has 0 radical (unpaired) electrons. The maximum atomic E-state index is 11.7. The molecule has 0 aromatic heterocycles. The van der Waals surface area contributed by atoms with Crippen molar-refractivity contribution in [2.24, 2.45) is 0 Å². The molecular formula is C8H13F3N2O. The first kappa shape index (κ1) is 11.3. The Labute approximate surface area is 80.0 Å². The summed E-state index contributed by atoms with van der Waals surface area (Å²) in [6.45, 7) is -0.393. The zero-order valence-electron chi connectivity index (χ0n) is 7.66. The average molecular weight is 210 g/mol. The highest BCUT2D eigenvalue weighted by Crippen LogP contribution is 2.13. The summed E-state index contributed by atoms with van der Waals surface area (Å²) < 4.78 is 35.1. The van der Waals surface area contributed by atoms with Gasteiger partial charge in [0.25, 0.3) is 0 Å². The Hall–Kier alpha value is -0.780. The van der Waals surface area contributed by atoms with Crippen LogP contribution in [0.4, 0.5) is 13.2 Å². The predicted molar refractivity (Wildman–Crippen MR) is 44.7 cm³/mol. The Bertz CT molecular complexity index is 199. The van der Waals surface area contributed by atoms with Gasteiger partial charge in [0.15, 0.2) is 0 Å². The summed E-state index contributed by atoms with van der Waals surface area (Å²) in [5, 5.41) is 4.89. The standard InChI is InChI=1S/C8H13F3N2O/c9-8(10,11)5-13-7(14)4-6-2-1-3-12-6/h6,12H,1-5H2,(H,13,14). The van der Waals surface area contributed by atoms with Crippen molar-refractivity contribution in [2.45, 2.75) is 31.5 Å². The SMILES string of the molecule is O=C(CC1CCCN1)NCC(F)(F)F. The van der Waals surface area contributed by atoms with Crippen LogP contribution in [0.2, 0.25) is 0 Å². The summed E-state index contributed by atoms with van der Waals surface area (Å²) >= 11 is 0. The minimum atomic E-state index is -4.32. The minimum Gasteiger partial charge on any atom is -0.347 e. The molecule has 82 valence electrons. The molecule has 0 bridgehead atoms. The van der Waals surface area contributed by atoms with Crippen molar-refractivity contribution in [1.82, 2.24) is 10.6 Å². The largest absolute Gasteiger partial charge is 0.405 e. The number of nitrogens with one attached hydrogen (secondary N) is 2. The second-order valence-corrected chi connectivity index (χ2v) is 3.39. The molecule has 1 unspecified atom stereocenters. The topological polar surface area (TPSA) is 41.1 Å². The van der Waals surface area contributed by atoms with E-state index in [0.717, 1.165) is 19.4 Å². The maximum Gasteiger partial charge on any atom is 0.405 e. The third-order valence-corrected chi connectivity index (χ3v) is 2.08. The molecule has 6 heteroatoms. The Morgan fingerprint density at radius 1 is 1.50 bits per heavy atom. The fourth-order valence-corrected chi connectivity index (χ4v) is 1.43. The van der Waals surface area contributed by atoms with Crippen LogP contribution in [-0.2, 0) is 4.79 Å². The normalized spacial score (nSPS) is 22.4. The molecule has 3 nitrogen and oxygen atoms in total. The molecule has 1 amide bonds. The van der Waals surface area contributed by atoms with Gasteiger partial charge in [-0.05, 0) is 19.4 Å². The maximum absolute atomic E-state index is 11.7. The smallest absolute Gasteiger partial charge is 0.347 e. The van der Waals surface area contributed by atoms with Gasteiger partial charge in [0, 0.05) is 12.5 Å². The first-order chi connectivity index (χ1) is 6.47. The van der Waals surface area contributed by atoms with Gasteiger partial charge in [0.1, 0.15) is 6.54 Å². The number of carbonyl (C=O) groups is 1. The zero-order valence-corrected chi connectivity index (χ0v) is 7.66. The first-order valence-electron chi connectivity index (χ1n) is 4.54. The molecule has 0 aromatic carbocycles. The van der Waals surface area contributed by atoms with Gasteiger partial charge < -0.3 is 10.6 Å². The molecule has 0 saturated carbocycles. The van der Waals surface area contributed by atoms with Crippen LogP contribution in [0.1, 0.15) is 19.3 Å². The highest BCUT2D eigenvalue weighted by Gasteiger charge is 2.28. The van der Waals surface area contributed by atoms with Crippen molar-refractivity contribution in [3.8, 4) is 0 Å². The van der Waals surface area contributed by atoms with E-state index < -0.39 is 18.6 Å². The fraction of sp³-hybridized carbons (Fsp3) is 0.875. The van der Waals surface area contributed by atoms with Crippen molar-refractivity contribution in [1.29, 1.82) is 0 Å². The first-order valence-corrected chi connectivity index (χ1v) is 4.54. The lowest BCUT2D eigenvalue weighted by Gasteiger charge is -2.11. The number of amides is 1. The molecule has 0 aliphatic carbocycles. The summed E-state index contributed by atoms with van der Waals surface area (Å²) in [6.07, 6.45) is -2.34. The van der Waals surface area contributed by atoms with Crippen molar-refractivity contribution in [3.63, 3.8) is 0 Å². The van der Waals surface area contributed by atoms with Gasteiger partial charge in [-0.25, -0.2) is 0 Å². The van der Waals surface area contributed by atoms with Gasteiger partial charge in [-0.1, -0.05) is 0 Å². The van der Waals surface area contributed by atoms with Crippen molar-refractivity contribution < 1.29 is 18.0 Å². The van der Waals surface area contributed by atoms with E-state index in [2.05, 4.69) is 5.32 Å². The molecular weight excluding hydrogens is 197 g/mol. The number of rotatable bonds is 3. The van der Waals surface area contributed by atoms with Crippen LogP contribution in [0.15, 0.2) is 0 Å². The predicted octanol–water partition coefficient (Wildman–Crippen LogP) is 0.807. The zero-order chi connectivity index (χ0) is 10.6. The van der Waals surface area contributed by atoms with Crippen LogP contribution >= 0.6 is 0 Å². The van der Waals surface area contributed by atoms with Gasteiger partial charge in [-0.3, -0.25) is 4.79 Å². The van der Waals surface area contributed by atoms with E-state index in [1.165, 1.54) is 0 Å². The monoisotopic (exact) mass is 210 g/mol. The second kappa shape index (κ2) is 4.63. The summed E-state index contributed by atoms with van der Waals surface area (Å²) in [7, 11) is 0. The lowest BCUT2D eigenvalue weighted by molar-refractivity contribution is -0.138. The molecule has 14 heavy (non-hydrogen) atoms. The van der Waals surface area contributed by atoms with Crippen LogP contribution in [-0.4, -0.2) is 31.2 Å². The van der Waals surface area contributed by atoms with Crippen LogP contribution in [0.3, 0.4) is 0 Å². The number of carbonyl (C=O) groups excluding carboxylic acids is 1. The Balaban J connectivity index is 2.15. The highest BCUT2D eigenvalue weighted by atomic mass is 19.4. The summed E-state index contributed by atoms with van der Waals surface area (Å²) in [6, 6.07) is 0.0447. The van der Waals surface area contributed by atoms with E-state index in [1.54, 1.807) is 0 Å². The van der Waals surface area contributed by atoms with E-state index in [4.69, 9.17) is 0 Å². The lowest BCUT2D eigenvalue weighted by Crippen LogP contribution is -2.37. The molecule has 1 heterocycles. The fourth-order valence-electron chi connectivity index (χ4n) is 1.43. The van der Waals surface area contributed by atoms with E-state index in [9.17, 15) is 18.0 Å². The summed E-state index contributed by atoms with van der Waals surface area (Å²) in [5.74, 6) is -0.540. The highest BCUT2D eigenvalue weighted by molar-refractivity contribution is 5.76. The van der Waals surface area contributed by atoms with Crippen LogP contribution < -0.4 is 10.6 Å². The molecule has 1 atom stereocenters. The number of alkyl halides is 3. The number of halogens is 3. The molecule has 1 saturated heterocycles. The van der Waals surface area contributed by atoms with E-state index in [1.807, 2.05) is 5.32 Å². The summed E-state index contributed by atoms with van der Waals surface area (Å²) in [4.78, 5) is 11.0. The minimum absolute atomic E-state index is 0.0447. The Morgan fingerprint density at radius 3 is 2.71 bits per heavy atom. The Morgan fingerprint density at radius 2 is 2.21 bits per heavy atom. The van der Waals surface area contributed by atoms with Crippen LogP contribution in [0.25, 0.3) is 0 Å². The van der Waals surface area contributed by atoms with Gasteiger partial charge >= 0.3 is 6.18 Å². The third kappa shape index (κ3) is 4.45. The van der Waals surface area contributed by atoms with Crippen molar-refractivity contribution in [2.75, 3.05) is 13.1 Å². The van der Waals surface area contributed by atoms with Crippen LogP contribution in [0.5, 0.6) is 0 Å². The van der Waals surface area contributed by atoms with Gasteiger partial charge in [-0.15, -0.1) is 0 Å².